The number of benzene rings is 1. The van der Waals surface area contributed by atoms with Crippen LogP contribution in [0.4, 0.5) is 11.6 Å². The fourth-order valence-electron chi connectivity index (χ4n) is 2.01. The largest absolute Gasteiger partial charge is 0.459 e. The summed E-state index contributed by atoms with van der Waals surface area (Å²) in [6.07, 6.45) is 1.39. The van der Waals surface area contributed by atoms with E-state index < -0.39 is 15.9 Å². The van der Waals surface area contributed by atoms with Gasteiger partial charge in [0.15, 0.2) is 5.76 Å². The zero-order chi connectivity index (χ0) is 18.0. The third-order valence-electron chi connectivity index (χ3n) is 3.55. The maximum absolute atomic E-state index is 12.4. The molecule has 3 aromatic rings. The number of rotatable bonds is 5. The number of anilines is 2. The highest BCUT2D eigenvalue weighted by atomic mass is 32.2. The molecule has 2 N–H and O–H groups in total. The fraction of sp³-hybridized carbons (Fsp3) is 0.125. The maximum atomic E-state index is 12.4. The van der Waals surface area contributed by atoms with Gasteiger partial charge in [0, 0.05) is 11.3 Å². The van der Waals surface area contributed by atoms with Crippen molar-refractivity contribution >= 4 is 27.5 Å². The molecule has 3 rings (SSSR count). The summed E-state index contributed by atoms with van der Waals surface area (Å²) in [5, 5.41) is 6.32. The Labute approximate surface area is 143 Å². The second kappa shape index (κ2) is 6.44. The van der Waals surface area contributed by atoms with E-state index in [2.05, 4.69) is 15.2 Å². The van der Waals surface area contributed by atoms with Crippen LogP contribution >= 0.6 is 0 Å². The van der Waals surface area contributed by atoms with E-state index >= 15 is 0 Å². The lowest BCUT2D eigenvalue weighted by Gasteiger charge is -2.07. The van der Waals surface area contributed by atoms with Gasteiger partial charge in [-0.15, -0.1) is 0 Å². The molecule has 130 valence electrons. The van der Waals surface area contributed by atoms with Crippen LogP contribution in [0.1, 0.15) is 21.8 Å². The zero-order valence-electron chi connectivity index (χ0n) is 13.4. The SMILES string of the molecule is Cc1noc(NS(=O)(=O)c2ccc(NC(=O)c3ccco3)cc2)c1C. The van der Waals surface area contributed by atoms with Crippen molar-refractivity contribution in [1.82, 2.24) is 5.16 Å². The second-order valence-electron chi connectivity index (χ2n) is 5.28. The summed E-state index contributed by atoms with van der Waals surface area (Å²) in [5.74, 6) is -0.186. The van der Waals surface area contributed by atoms with Crippen LogP contribution in [0.3, 0.4) is 0 Å². The predicted octanol–water partition coefficient (Wildman–Crippen LogP) is 2.94. The van der Waals surface area contributed by atoms with Crippen molar-refractivity contribution in [2.45, 2.75) is 18.7 Å². The number of carbonyl (C=O) groups is 1. The van der Waals surface area contributed by atoms with Crippen LogP contribution < -0.4 is 10.0 Å². The first kappa shape index (κ1) is 16.8. The molecule has 0 spiro atoms. The minimum atomic E-state index is -3.83. The fourth-order valence-corrected chi connectivity index (χ4v) is 3.06. The molecule has 0 aliphatic heterocycles. The van der Waals surface area contributed by atoms with Gasteiger partial charge < -0.3 is 14.3 Å². The van der Waals surface area contributed by atoms with E-state index in [4.69, 9.17) is 8.94 Å². The van der Waals surface area contributed by atoms with Crippen molar-refractivity contribution in [2.75, 3.05) is 10.0 Å². The number of hydrogen-bond donors (Lipinski definition) is 2. The molecule has 0 saturated carbocycles. The molecule has 0 bridgehead atoms. The number of nitrogens with zero attached hydrogens (tertiary/aromatic N) is 1. The topological polar surface area (TPSA) is 114 Å². The van der Waals surface area contributed by atoms with Crippen molar-refractivity contribution in [2.24, 2.45) is 0 Å². The number of sulfonamides is 1. The Bertz CT molecular complexity index is 989. The van der Waals surface area contributed by atoms with E-state index in [1.165, 1.54) is 36.6 Å². The Kier molecular flexibility index (Phi) is 4.32. The second-order valence-corrected chi connectivity index (χ2v) is 6.97. The third-order valence-corrected chi connectivity index (χ3v) is 4.90. The van der Waals surface area contributed by atoms with Gasteiger partial charge in [-0.2, -0.15) is 0 Å². The number of aryl methyl sites for hydroxylation is 1. The summed E-state index contributed by atoms with van der Waals surface area (Å²) in [4.78, 5) is 11.9. The smallest absolute Gasteiger partial charge is 0.291 e. The van der Waals surface area contributed by atoms with Crippen LogP contribution in [0.2, 0.25) is 0 Å². The Hall–Kier alpha value is -3.07. The van der Waals surface area contributed by atoms with Crippen LogP contribution in [0.5, 0.6) is 0 Å². The average Bonchev–Trinajstić information content (AvgIpc) is 3.21. The number of nitrogens with one attached hydrogen (secondary N) is 2. The minimum absolute atomic E-state index is 0.0250. The lowest BCUT2D eigenvalue weighted by molar-refractivity contribution is 0.0996. The van der Waals surface area contributed by atoms with E-state index in [0.717, 1.165) is 0 Å². The van der Waals surface area contributed by atoms with Crippen LogP contribution in [-0.2, 0) is 10.0 Å². The van der Waals surface area contributed by atoms with Gasteiger partial charge in [0.2, 0.25) is 5.88 Å². The molecule has 9 heteroatoms. The summed E-state index contributed by atoms with van der Waals surface area (Å²) in [6, 6.07) is 8.84. The maximum Gasteiger partial charge on any atom is 0.291 e. The third kappa shape index (κ3) is 3.56. The number of carbonyl (C=O) groups excluding carboxylic acids is 1. The molecule has 2 heterocycles. The molecular formula is C16H15N3O5S. The highest BCUT2D eigenvalue weighted by Gasteiger charge is 2.19. The van der Waals surface area contributed by atoms with Crippen molar-refractivity contribution in [1.29, 1.82) is 0 Å². The summed E-state index contributed by atoms with van der Waals surface area (Å²) in [5.41, 5.74) is 1.66. The zero-order valence-corrected chi connectivity index (χ0v) is 14.3. The van der Waals surface area contributed by atoms with E-state index in [-0.39, 0.29) is 16.5 Å². The van der Waals surface area contributed by atoms with E-state index in [1.54, 1.807) is 19.9 Å². The van der Waals surface area contributed by atoms with Gasteiger partial charge in [-0.1, -0.05) is 5.16 Å². The quantitative estimate of drug-likeness (QED) is 0.722. The molecule has 8 nitrogen and oxygen atoms in total. The minimum Gasteiger partial charge on any atom is -0.459 e. The van der Waals surface area contributed by atoms with Crippen LogP contribution in [-0.4, -0.2) is 19.5 Å². The van der Waals surface area contributed by atoms with Gasteiger partial charge in [0.1, 0.15) is 0 Å². The summed E-state index contributed by atoms with van der Waals surface area (Å²) in [7, 11) is -3.83. The molecule has 0 radical (unpaired) electrons. The van der Waals surface area contributed by atoms with Crippen LogP contribution in [0, 0.1) is 13.8 Å². The standard InChI is InChI=1S/C16H15N3O5S/c1-10-11(2)18-24-16(10)19-25(21,22)13-7-5-12(6-8-13)17-15(20)14-4-3-9-23-14/h3-9,19H,1-2H3,(H,17,20). The number of aromatic nitrogens is 1. The highest BCUT2D eigenvalue weighted by Crippen LogP contribution is 2.22. The first-order valence-electron chi connectivity index (χ1n) is 7.27. The summed E-state index contributed by atoms with van der Waals surface area (Å²) < 4.78 is 37.1. The lowest BCUT2D eigenvalue weighted by Crippen LogP contribution is -2.14. The van der Waals surface area contributed by atoms with Crippen LogP contribution in [0.25, 0.3) is 0 Å². The van der Waals surface area contributed by atoms with Gasteiger partial charge in [-0.3, -0.25) is 4.79 Å². The molecule has 1 amide bonds. The lowest BCUT2D eigenvalue weighted by atomic mass is 10.3. The normalized spacial score (nSPS) is 11.3. The van der Waals surface area contributed by atoms with E-state index in [9.17, 15) is 13.2 Å². The van der Waals surface area contributed by atoms with Crippen molar-refractivity contribution in [3.05, 3.63) is 59.7 Å². The number of hydrogen-bond acceptors (Lipinski definition) is 6. The number of furan rings is 1. The van der Waals surface area contributed by atoms with Crippen molar-refractivity contribution in [3.63, 3.8) is 0 Å². The molecule has 0 atom stereocenters. The van der Waals surface area contributed by atoms with Gasteiger partial charge in [0.25, 0.3) is 15.9 Å². The Morgan fingerprint density at radius 2 is 1.84 bits per heavy atom. The Morgan fingerprint density at radius 1 is 1.12 bits per heavy atom. The first-order valence-corrected chi connectivity index (χ1v) is 8.76. The molecule has 0 aliphatic carbocycles. The van der Waals surface area contributed by atoms with Crippen molar-refractivity contribution < 1.29 is 22.2 Å². The number of amides is 1. The van der Waals surface area contributed by atoms with Gasteiger partial charge in [-0.25, -0.2) is 13.1 Å². The van der Waals surface area contributed by atoms with E-state index in [1.807, 2.05) is 0 Å². The van der Waals surface area contributed by atoms with Gasteiger partial charge in [0.05, 0.1) is 16.9 Å². The molecule has 0 unspecified atom stereocenters. The molecule has 0 saturated heterocycles. The molecule has 2 aromatic heterocycles. The average molecular weight is 361 g/mol. The predicted molar refractivity (Wildman–Crippen MR) is 89.9 cm³/mol. The monoisotopic (exact) mass is 361 g/mol. The summed E-state index contributed by atoms with van der Waals surface area (Å²) >= 11 is 0. The van der Waals surface area contributed by atoms with Crippen molar-refractivity contribution in [3.8, 4) is 0 Å². The Balaban J connectivity index is 1.75. The van der Waals surface area contributed by atoms with Crippen LogP contribution in [0.15, 0.2) is 56.5 Å². The van der Waals surface area contributed by atoms with Gasteiger partial charge in [-0.05, 0) is 50.2 Å². The van der Waals surface area contributed by atoms with Gasteiger partial charge >= 0.3 is 0 Å². The first-order chi connectivity index (χ1) is 11.9. The molecule has 0 fully saturated rings. The molecule has 25 heavy (non-hydrogen) atoms. The Morgan fingerprint density at radius 3 is 2.40 bits per heavy atom. The van der Waals surface area contributed by atoms with E-state index in [0.29, 0.717) is 16.9 Å². The highest BCUT2D eigenvalue weighted by molar-refractivity contribution is 7.92. The molecule has 0 aliphatic rings. The molecular weight excluding hydrogens is 346 g/mol. The summed E-state index contributed by atoms with van der Waals surface area (Å²) in [6.45, 7) is 3.42. The molecule has 1 aromatic carbocycles.